The minimum atomic E-state index is -0.145. The van der Waals surface area contributed by atoms with Crippen molar-refractivity contribution in [3.05, 3.63) is 74.7 Å². The quantitative estimate of drug-likeness (QED) is 0.568. The maximum atomic E-state index is 13.0. The summed E-state index contributed by atoms with van der Waals surface area (Å²) in [6.07, 6.45) is 0.866. The molecule has 7 heteroatoms. The molecule has 1 amide bonds. The van der Waals surface area contributed by atoms with Crippen LogP contribution in [0, 0.1) is 6.92 Å². The Morgan fingerprint density at radius 2 is 2.18 bits per heavy atom. The fourth-order valence-corrected chi connectivity index (χ4v) is 5.04. The normalized spacial score (nSPS) is 15.7. The monoisotopic (exact) mass is 430 g/mol. The van der Waals surface area contributed by atoms with Gasteiger partial charge >= 0.3 is 0 Å². The number of hydrogen-bond donors (Lipinski definition) is 1. The lowest BCUT2D eigenvalue weighted by Crippen LogP contribution is -2.31. The Bertz CT molecular complexity index is 1010. The van der Waals surface area contributed by atoms with Crippen LogP contribution < -0.4 is 10.1 Å². The molecule has 0 bridgehead atoms. The molecule has 4 nitrogen and oxygen atoms in total. The number of halogens is 1. The van der Waals surface area contributed by atoms with Crippen LogP contribution in [0.4, 0.5) is 0 Å². The van der Waals surface area contributed by atoms with Gasteiger partial charge in [0, 0.05) is 21.1 Å². The number of thioether (sulfide) groups is 1. The summed E-state index contributed by atoms with van der Waals surface area (Å²) in [5, 5.41) is 6.81. The van der Waals surface area contributed by atoms with E-state index >= 15 is 0 Å². The molecular weight excluding hydrogens is 412 g/mol. The van der Waals surface area contributed by atoms with Crippen molar-refractivity contribution in [3.8, 4) is 5.75 Å². The topological polar surface area (TPSA) is 51.2 Å². The van der Waals surface area contributed by atoms with E-state index in [4.69, 9.17) is 16.3 Å². The van der Waals surface area contributed by atoms with Crippen LogP contribution in [0.15, 0.2) is 52.7 Å². The molecule has 0 unspecified atom stereocenters. The Morgan fingerprint density at radius 1 is 1.32 bits per heavy atom. The third-order valence-corrected chi connectivity index (χ3v) is 6.67. The van der Waals surface area contributed by atoms with E-state index in [0.717, 1.165) is 28.4 Å². The zero-order valence-corrected chi connectivity index (χ0v) is 17.7. The fourth-order valence-electron chi connectivity index (χ4n) is 3.16. The van der Waals surface area contributed by atoms with E-state index in [-0.39, 0.29) is 11.9 Å². The molecule has 2 aromatic carbocycles. The highest BCUT2D eigenvalue weighted by atomic mass is 35.5. The number of rotatable bonds is 5. The van der Waals surface area contributed by atoms with Crippen LogP contribution in [0.25, 0.3) is 0 Å². The van der Waals surface area contributed by atoms with E-state index in [1.54, 1.807) is 29.2 Å². The van der Waals surface area contributed by atoms with Gasteiger partial charge in [0.05, 0.1) is 22.3 Å². The second-order valence-electron chi connectivity index (χ2n) is 6.49. The van der Waals surface area contributed by atoms with Crippen LogP contribution in [0.2, 0.25) is 5.02 Å². The van der Waals surface area contributed by atoms with Crippen molar-refractivity contribution in [3.63, 3.8) is 0 Å². The predicted octanol–water partition coefficient (Wildman–Crippen LogP) is 5.65. The van der Waals surface area contributed by atoms with Gasteiger partial charge in [-0.3, -0.25) is 4.79 Å². The molecule has 4 rings (SSSR count). The summed E-state index contributed by atoms with van der Waals surface area (Å²) in [6, 6.07) is 13.1. The zero-order chi connectivity index (χ0) is 19.5. The van der Waals surface area contributed by atoms with E-state index in [2.05, 4.69) is 10.3 Å². The van der Waals surface area contributed by atoms with Crippen molar-refractivity contribution in [1.82, 2.24) is 10.3 Å². The number of nitrogens with one attached hydrogen (secondary N) is 1. The minimum Gasteiger partial charge on any atom is -0.486 e. The minimum absolute atomic E-state index is 0.0586. The number of fused-ring (bicyclic) bond motifs is 1. The summed E-state index contributed by atoms with van der Waals surface area (Å²) in [5.74, 6) is 1.37. The molecule has 2 heterocycles. The number of aryl methyl sites for hydroxylation is 1. The van der Waals surface area contributed by atoms with Gasteiger partial charge in [0.1, 0.15) is 12.4 Å². The summed E-state index contributed by atoms with van der Waals surface area (Å²) in [6.45, 7) is 2.30. The van der Waals surface area contributed by atoms with E-state index in [1.807, 2.05) is 48.7 Å². The Balaban J connectivity index is 1.51. The summed E-state index contributed by atoms with van der Waals surface area (Å²) in [7, 11) is 0. The molecule has 144 valence electrons. The largest absolute Gasteiger partial charge is 0.486 e. The second-order valence-corrected chi connectivity index (χ2v) is 9.12. The molecule has 0 aliphatic carbocycles. The van der Waals surface area contributed by atoms with Crippen LogP contribution in [0.3, 0.4) is 0 Å². The molecule has 28 heavy (non-hydrogen) atoms. The van der Waals surface area contributed by atoms with Crippen LogP contribution in [0.5, 0.6) is 5.75 Å². The lowest BCUT2D eigenvalue weighted by Gasteiger charge is -2.26. The van der Waals surface area contributed by atoms with Crippen LogP contribution in [-0.4, -0.2) is 16.6 Å². The van der Waals surface area contributed by atoms with Crippen molar-refractivity contribution < 1.29 is 9.53 Å². The third-order valence-electron chi connectivity index (χ3n) is 4.49. The van der Waals surface area contributed by atoms with Crippen molar-refractivity contribution in [2.45, 2.75) is 30.9 Å². The predicted molar refractivity (Wildman–Crippen MR) is 115 cm³/mol. The molecule has 1 aliphatic heterocycles. The van der Waals surface area contributed by atoms with Gasteiger partial charge in [0.25, 0.3) is 5.91 Å². The smallest absolute Gasteiger partial charge is 0.255 e. The molecule has 0 saturated heterocycles. The molecule has 0 saturated carbocycles. The summed E-state index contributed by atoms with van der Waals surface area (Å²) in [4.78, 5) is 18.6. The first-order chi connectivity index (χ1) is 13.6. The summed E-state index contributed by atoms with van der Waals surface area (Å²) in [5.41, 5.74) is 2.47. The van der Waals surface area contributed by atoms with Gasteiger partial charge in [-0.15, -0.1) is 23.1 Å². The molecule has 1 N–H and O–H groups in total. The number of thiazole rings is 1. The number of nitrogens with zero attached hydrogens (tertiary/aromatic N) is 1. The average Bonchev–Trinajstić information content (AvgIpc) is 3.12. The SMILES string of the molecule is Cc1nc(COc2ccccc2C(=O)N[C@@H]2CCSc3ccc(Cl)cc32)cs1. The van der Waals surface area contributed by atoms with E-state index in [9.17, 15) is 4.79 Å². The first kappa shape index (κ1) is 19.3. The van der Waals surface area contributed by atoms with Gasteiger partial charge in [0.2, 0.25) is 0 Å². The molecule has 0 spiro atoms. The molecule has 0 fully saturated rings. The van der Waals surface area contributed by atoms with Gasteiger partial charge < -0.3 is 10.1 Å². The first-order valence-corrected chi connectivity index (χ1v) is 11.2. The first-order valence-electron chi connectivity index (χ1n) is 8.96. The van der Waals surface area contributed by atoms with Crippen molar-refractivity contribution in [2.75, 3.05) is 5.75 Å². The van der Waals surface area contributed by atoms with Gasteiger partial charge in [-0.1, -0.05) is 23.7 Å². The van der Waals surface area contributed by atoms with Gasteiger partial charge in [-0.25, -0.2) is 4.98 Å². The van der Waals surface area contributed by atoms with Crippen LogP contribution >= 0.6 is 34.7 Å². The maximum absolute atomic E-state index is 13.0. The number of carbonyl (C=O) groups is 1. The standard InChI is InChI=1S/C21H19ClN2O2S2/c1-13-23-15(12-28-13)11-26-19-5-3-2-4-16(19)21(25)24-18-8-9-27-20-7-6-14(22)10-17(18)20/h2-7,10,12,18H,8-9,11H2,1H3,(H,24,25)/t18-/m1/s1. The number of amides is 1. The number of aromatic nitrogens is 1. The molecule has 1 aliphatic rings. The second kappa shape index (κ2) is 8.55. The Hall–Kier alpha value is -2.02. The summed E-state index contributed by atoms with van der Waals surface area (Å²) >= 11 is 9.55. The zero-order valence-electron chi connectivity index (χ0n) is 15.3. The van der Waals surface area contributed by atoms with Crippen molar-refractivity contribution in [1.29, 1.82) is 0 Å². The van der Waals surface area contributed by atoms with Gasteiger partial charge in [0.15, 0.2) is 0 Å². The van der Waals surface area contributed by atoms with Gasteiger partial charge in [-0.2, -0.15) is 0 Å². The third kappa shape index (κ3) is 4.35. The number of ether oxygens (including phenoxy) is 1. The van der Waals surface area contributed by atoms with Crippen LogP contribution in [-0.2, 0) is 6.61 Å². The average molecular weight is 431 g/mol. The maximum Gasteiger partial charge on any atom is 0.255 e. The Labute approximate surface area is 177 Å². The van der Waals surface area contributed by atoms with E-state index in [1.165, 1.54) is 4.90 Å². The van der Waals surface area contributed by atoms with E-state index in [0.29, 0.717) is 22.9 Å². The fraction of sp³-hybridized carbons (Fsp3) is 0.238. The highest BCUT2D eigenvalue weighted by Crippen LogP contribution is 2.37. The number of hydrogen-bond acceptors (Lipinski definition) is 5. The van der Waals surface area contributed by atoms with Gasteiger partial charge in [-0.05, 0) is 49.2 Å². The lowest BCUT2D eigenvalue weighted by atomic mass is 10.0. The van der Waals surface area contributed by atoms with Crippen LogP contribution in [0.1, 0.15) is 39.1 Å². The highest BCUT2D eigenvalue weighted by Gasteiger charge is 2.24. The number of benzene rings is 2. The number of para-hydroxylation sites is 1. The Kier molecular flexibility index (Phi) is 5.90. The Morgan fingerprint density at radius 3 is 3.00 bits per heavy atom. The molecule has 1 aromatic heterocycles. The van der Waals surface area contributed by atoms with Crippen molar-refractivity contribution >= 4 is 40.6 Å². The van der Waals surface area contributed by atoms with Crippen molar-refractivity contribution in [2.24, 2.45) is 0 Å². The molecule has 1 atom stereocenters. The molecule has 3 aromatic rings. The highest BCUT2D eigenvalue weighted by molar-refractivity contribution is 7.99. The lowest BCUT2D eigenvalue weighted by molar-refractivity contribution is 0.0930. The molecule has 0 radical (unpaired) electrons. The molecular formula is C21H19ClN2O2S2. The van der Waals surface area contributed by atoms with E-state index < -0.39 is 0 Å². The summed E-state index contributed by atoms with van der Waals surface area (Å²) < 4.78 is 5.89. The number of carbonyl (C=O) groups excluding carboxylic acids is 1.